The Morgan fingerprint density at radius 3 is 2.85 bits per heavy atom. The van der Waals surface area contributed by atoms with Gasteiger partial charge in [0.2, 0.25) is 5.91 Å². The number of carbonyl (C=O) groups excluding carboxylic acids is 1. The molecule has 2 aromatic carbocycles. The predicted molar refractivity (Wildman–Crippen MR) is 112 cm³/mol. The molecule has 1 heterocycles. The van der Waals surface area contributed by atoms with Crippen LogP contribution in [0.2, 0.25) is 0 Å². The summed E-state index contributed by atoms with van der Waals surface area (Å²) in [7, 11) is 0. The van der Waals surface area contributed by atoms with E-state index in [1.807, 2.05) is 24.3 Å². The van der Waals surface area contributed by atoms with E-state index in [2.05, 4.69) is 56.5 Å². The Labute approximate surface area is 168 Å². The van der Waals surface area contributed by atoms with Gasteiger partial charge in [0.25, 0.3) is 0 Å². The number of amides is 1. The molecule has 26 heavy (non-hydrogen) atoms. The molecule has 5 heteroatoms. The van der Waals surface area contributed by atoms with Crippen LogP contribution in [0, 0.1) is 5.92 Å². The van der Waals surface area contributed by atoms with Crippen LogP contribution in [0.4, 0.5) is 0 Å². The lowest BCUT2D eigenvalue weighted by molar-refractivity contribution is -0.126. The molecule has 0 bridgehead atoms. The van der Waals surface area contributed by atoms with Crippen molar-refractivity contribution < 1.29 is 4.79 Å². The molecule has 3 nitrogen and oxygen atoms in total. The fraction of sp³-hybridized carbons (Fsp3) is 0.381. The second-order valence-electron chi connectivity index (χ2n) is 6.66. The number of thioether (sulfide) groups is 1. The first-order valence-electron chi connectivity index (χ1n) is 9.13. The lowest BCUT2D eigenvalue weighted by atomic mass is 9.96. The number of nitrogens with one attached hydrogen (secondary N) is 1. The van der Waals surface area contributed by atoms with Crippen molar-refractivity contribution in [3.8, 4) is 0 Å². The first kappa shape index (κ1) is 19.5. The summed E-state index contributed by atoms with van der Waals surface area (Å²) >= 11 is 5.31. The van der Waals surface area contributed by atoms with Gasteiger partial charge >= 0.3 is 0 Å². The fourth-order valence-corrected chi connectivity index (χ4v) is 4.55. The van der Waals surface area contributed by atoms with E-state index < -0.39 is 0 Å². The van der Waals surface area contributed by atoms with Gasteiger partial charge in [-0.1, -0.05) is 46.3 Å². The van der Waals surface area contributed by atoms with Gasteiger partial charge in [-0.2, -0.15) is 0 Å². The van der Waals surface area contributed by atoms with E-state index in [1.54, 1.807) is 11.8 Å². The second kappa shape index (κ2) is 10.1. The van der Waals surface area contributed by atoms with Crippen molar-refractivity contribution in [2.24, 2.45) is 5.92 Å². The number of rotatable bonds is 7. The maximum absolute atomic E-state index is 12.5. The molecule has 0 radical (unpaired) electrons. The molecule has 3 rings (SSSR count). The van der Waals surface area contributed by atoms with E-state index in [4.69, 9.17) is 0 Å². The van der Waals surface area contributed by atoms with Gasteiger partial charge in [-0.3, -0.25) is 9.69 Å². The minimum atomic E-state index is 0.109. The highest BCUT2D eigenvalue weighted by Gasteiger charge is 2.25. The minimum Gasteiger partial charge on any atom is -0.355 e. The zero-order chi connectivity index (χ0) is 18.2. The maximum atomic E-state index is 12.5. The molecule has 1 N–H and O–H groups in total. The number of benzene rings is 2. The standard InChI is InChI=1S/C21H25BrN2OS/c22-19-8-4-6-17(14-19)15-24-12-5-7-18(16-24)21(25)23-11-13-26-20-9-2-1-3-10-20/h1-4,6,8-10,14,18H,5,7,11-13,15-16H2,(H,23,25). The molecule has 1 atom stereocenters. The van der Waals surface area contributed by atoms with Gasteiger partial charge in [0.15, 0.2) is 0 Å². The van der Waals surface area contributed by atoms with Crippen LogP contribution < -0.4 is 5.32 Å². The molecule has 1 fully saturated rings. The van der Waals surface area contributed by atoms with Crippen LogP contribution in [0.5, 0.6) is 0 Å². The van der Waals surface area contributed by atoms with Crippen molar-refractivity contribution in [2.45, 2.75) is 24.3 Å². The van der Waals surface area contributed by atoms with Crippen molar-refractivity contribution in [3.05, 3.63) is 64.6 Å². The van der Waals surface area contributed by atoms with E-state index in [-0.39, 0.29) is 11.8 Å². The number of hydrogen-bond acceptors (Lipinski definition) is 3. The van der Waals surface area contributed by atoms with Crippen LogP contribution in [0.3, 0.4) is 0 Å². The summed E-state index contributed by atoms with van der Waals surface area (Å²) in [4.78, 5) is 16.2. The van der Waals surface area contributed by atoms with E-state index >= 15 is 0 Å². The lowest BCUT2D eigenvalue weighted by Crippen LogP contribution is -2.43. The topological polar surface area (TPSA) is 32.3 Å². The Morgan fingerprint density at radius 1 is 1.19 bits per heavy atom. The van der Waals surface area contributed by atoms with Crippen molar-refractivity contribution in [3.63, 3.8) is 0 Å². The molecule has 1 amide bonds. The Bertz CT molecular complexity index is 710. The van der Waals surface area contributed by atoms with Crippen molar-refractivity contribution in [1.82, 2.24) is 10.2 Å². The SMILES string of the molecule is O=C(NCCSc1ccccc1)C1CCCN(Cc2cccc(Br)c2)C1. The third kappa shape index (κ3) is 6.15. The van der Waals surface area contributed by atoms with Crippen LogP contribution in [0.15, 0.2) is 64.0 Å². The Hall–Kier alpha value is -1.30. The van der Waals surface area contributed by atoms with E-state index in [1.165, 1.54) is 10.5 Å². The zero-order valence-corrected chi connectivity index (χ0v) is 17.3. The van der Waals surface area contributed by atoms with E-state index in [0.29, 0.717) is 0 Å². The number of likely N-dealkylation sites (tertiary alicyclic amines) is 1. The zero-order valence-electron chi connectivity index (χ0n) is 14.9. The number of hydrogen-bond donors (Lipinski definition) is 1. The van der Waals surface area contributed by atoms with Crippen LogP contribution in [-0.2, 0) is 11.3 Å². The first-order chi connectivity index (χ1) is 12.7. The third-order valence-corrected chi connectivity index (χ3v) is 6.09. The molecule has 1 unspecified atom stereocenters. The normalized spacial score (nSPS) is 17.8. The summed E-state index contributed by atoms with van der Waals surface area (Å²) in [6.07, 6.45) is 2.08. The summed E-state index contributed by atoms with van der Waals surface area (Å²) in [6, 6.07) is 18.7. The van der Waals surface area contributed by atoms with Crippen molar-refractivity contribution >= 4 is 33.6 Å². The second-order valence-corrected chi connectivity index (χ2v) is 8.74. The molecular weight excluding hydrogens is 408 g/mol. The number of halogens is 1. The van der Waals surface area contributed by atoms with Crippen LogP contribution in [0.1, 0.15) is 18.4 Å². The molecule has 0 aromatic heterocycles. The molecule has 0 aliphatic carbocycles. The number of carbonyl (C=O) groups is 1. The highest BCUT2D eigenvalue weighted by Crippen LogP contribution is 2.21. The van der Waals surface area contributed by atoms with Crippen molar-refractivity contribution in [2.75, 3.05) is 25.4 Å². The fourth-order valence-electron chi connectivity index (χ4n) is 3.31. The quantitative estimate of drug-likeness (QED) is 0.513. The number of nitrogens with zero attached hydrogens (tertiary/aromatic N) is 1. The Morgan fingerprint density at radius 2 is 2.04 bits per heavy atom. The van der Waals surface area contributed by atoms with Gasteiger partial charge in [-0.15, -0.1) is 11.8 Å². The number of piperidine rings is 1. The average molecular weight is 433 g/mol. The summed E-state index contributed by atoms with van der Waals surface area (Å²) in [5.41, 5.74) is 1.29. The highest BCUT2D eigenvalue weighted by molar-refractivity contribution is 9.10. The van der Waals surface area contributed by atoms with Gasteiger partial charge in [0.05, 0.1) is 5.92 Å². The largest absolute Gasteiger partial charge is 0.355 e. The van der Waals surface area contributed by atoms with Gasteiger partial charge in [0.1, 0.15) is 0 Å². The Kier molecular flexibility index (Phi) is 7.59. The smallest absolute Gasteiger partial charge is 0.224 e. The maximum Gasteiger partial charge on any atom is 0.224 e. The van der Waals surface area contributed by atoms with Crippen LogP contribution in [-0.4, -0.2) is 36.2 Å². The van der Waals surface area contributed by atoms with Crippen molar-refractivity contribution in [1.29, 1.82) is 0 Å². The summed E-state index contributed by atoms with van der Waals surface area (Å²) in [6.45, 7) is 3.55. The molecule has 0 spiro atoms. The minimum absolute atomic E-state index is 0.109. The molecule has 2 aromatic rings. The van der Waals surface area contributed by atoms with Gasteiger partial charge < -0.3 is 5.32 Å². The molecular formula is C21H25BrN2OS. The van der Waals surface area contributed by atoms with Gasteiger partial charge in [-0.25, -0.2) is 0 Å². The van der Waals surface area contributed by atoms with E-state index in [9.17, 15) is 4.79 Å². The Balaban J connectivity index is 1.41. The van der Waals surface area contributed by atoms with Crippen LogP contribution >= 0.6 is 27.7 Å². The third-order valence-electron chi connectivity index (χ3n) is 4.58. The molecule has 0 saturated carbocycles. The molecule has 1 saturated heterocycles. The highest BCUT2D eigenvalue weighted by atomic mass is 79.9. The van der Waals surface area contributed by atoms with Gasteiger partial charge in [0, 0.05) is 34.8 Å². The predicted octanol–water partition coefficient (Wildman–Crippen LogP) is 4.57. The lowest BCUT2D eigenvalue weighted by Gasteiger charge is -2.32. The molecule has 1 aliphatic heterocycles. The molecule has 138 valence electrons. The summed E-state index contributed by atoms with van der Waals surface area (Å²) < 4.78 is 1.11. The summed E-state index contributed by atoms with van der Waals surface area (Å²) in [5.74, 6) is 1.22. The van der Waals surface area contributed by atoms with E-state index in [0.717, 1.165) is 49.2 Å². The average Bonchev–Trinajstić information content (AvgIpc) is 2.66. The monoisotopic (exact) mass is 432 g/mol. The summed E-state index contributed by atoms with van der Waals surface area (Å²) in [5, 5.41) is 3.12. The molecule has 1 aliphatic rings. The van der Waals surface area contributed by atoms with Gasteiger partial charge in [-0.05, 0) is 49.2 Å². The first-order valence-corrected chi connectivity index (χ1v) is 10.9. The van der Waals surface area contributed by atoms with Crippen LogP contribution in [0.25, 0.3) is 0 Å².